The van der Waals surface area contributed by atoms with Crippen LogP contribution >= 0.6 is 46.6 Å². The lowest BCUT2D eigenvalue weighted by molar-refractivity contribution is 1.29. The van der Waals surface area contributed by atoms with Crippen LogP contribution in [0.3, 0.4) is 0 Å². The van der Waals surface area contributed by atoms with Crippen LogP contribution in [0.5, 0.6) is 0 Å². The Morgan fingerprint density at radius 3 is 2.67 bits per heavy atom. The monoisotopic (exact) mass is 201 g/mol. The predicted octanol–water partition coefficient (Wildman–Crippen LogP) is 2.97. The highest BCUT2D eigenvalue weighted by atomic mass is 35.5. The average molecular weight is 202 g/mol. The number of thioether (sulfide) groups is 1. The normalized spacial score (nSPS) is 27.2. The SMILES string of the molecule is ClC1=CC(Cl)=NC(Cl)S1. The zero-order valence-electron chi connectivity index (χ0n) is 4.14. The van der Waals surface area contributed by atoms with E-state index in [0.29, 0.717) is 9.54 Å². The Kier molecular flexibility index (Phi) is 2.71. The van der Waals surface area contributed by atoms with Gasteiger partial charge < -0.3 is 0 Å². The maximum atomic E-state index is 5.58. The van der Waals surface area contributed by atoms with Crippen LogP contribution in [-0.2, 0) is 0 Å². The minimum absolute atomic E-state index is 0.360. The Morgan fingerprint density at radius 2 is 2.22 bits per heavy atom. The summed E-state index contributed by atoms with van der Waals surface area (Å²) >= 11 is 17.9. The molecule has 0 aromatic carbocycles. The molecule has 1 rings (SSSR count). The van der Waals surface area contributed by atoms with E-state index in [9.17, 15) is 0 Å². The third-order valence-electron chi connectivity index (χ3n) is 0.667. The topological polar surface area (TPSA) is 12.4 Å². The number of hydrogen-bond acceptors (Lipinski definition) is 2. The minimum Gasteiger partial charge on any atom is -0.242 e. The van der Waals surface area contributed by atoms with Gasteiger partial charge in [-0.3, -0.25) is 0 Å². The molecule has 0 spiro atoms. The molecule has 0 aliphatic carbocycles. The van der Waals surface area contributed by atoms with E-state index in [1.54, 1.807) is 6.08 Å². The van der Waals surface area contributed by atoms with Crippen molar-refractivity contribution in [3.8, 4) is 0 Å². The zero-order valence-corrected chi connectivity index (χ0v) is 7.23. The van der Waals surface area contributed by atoms with E-state index in [1.165, 1.54) is 11.8 Å². The molecular weight excluding hydrogens is 200 g/mol. The summed E-state index contributed by atoms with van der Waals surface area (Å²) in [5.41, 5.74) is 0. The minimum atomic E-state index is -0.366. The number of rotatable bonds is 0. The van der Waals surface area contributed by atoms with Crippen LogP contribution in [0.1, 0.15) is 0 Å². The molecular formula is C4H2Cl3NS. The number of nitrogens with zero attached hydrogens (tertiary/aromatic N) is 1. The van der Waals surface area contributed by atoms with Crippen LogP contribution in [0.25, 0.3) is 0 Å². The van der Waals surface area contributed by atoms with Crippen molar-refractivity contribution in [2.24, 2.45) is 4.99 Å². The fourth-order valence-corrected chi connectivity index (χ4v) is 2.23. The van der Waals surface area contributed by atoms with Crippen molar-refractivity contribution >= 4 is 51.7 Å². The van der Waals surface area contributed by atoms with E-state index in [0.717, 1.165) is 0 Å². The van der Waals surface area contributed by atoms with E-state index in [4.69, 9.17) is 34.8 Å². The second-order valence-corrected chi connectivity index (χ2v) is 4.12. The van der Waals surface area contributed by atoms with E-state index in [1.807, 2.05) is 0 Å². The Balaban J connectivity index is 2.74. The summed E-state index contributed by atoms with van der Waals surface area (Å²) < 4.78 is 0.579. The summed E-state index contributed by atoms with van der Waals surface area (Å²) in [5, 5.41) is 0.360. The summed E-state index contributed by atoms with van der Waals surface area (Å²) in [6.07, 6.45) is 1.56. The number of allylic oxidation sites excluding steroid dienone is 1. The van der Waals surface area contributed by atoms with Crippen molar-refractivity contribution in [2.75, 3.05) is 0 Å². The molecule has 0 amide bonds. The van der Waals surface area contributed by atoms with Crippen LogP contribution < -0.4 is 0 Å². The van der Waals surface area contributed by atoms with Crippen molar-refractivity contribution < 1.29 is 0 Å². The Morgan fingerprint density at radius 1 is 1.56 bits per heavy atom. The second kappa shape index (κ2) is 3.15. The van der Waals surface area contributed by atoms with Crippen LogP contribution in [0.2, 0.25) is 0 Å². The molecule has 5 heteroatoms. The fraction of sp³-hybridized carbons (Fsp3) is 0.250. The molecule has 0 radical (unpaired) electrons. The highest BCUT2D eigenvalue weighted by Crippen LogP contribution is 2.32. The Hall–Kier alpha value is 0.630. The van der Waals surface area contributed by atoms with Gasteiger partial charge in [0.1, 0.15) is 5.17 Å². The summed E-state index contributed by atoms with van der Waals surface area (Å²) in [7, 11) is 0. The van der Waals surface area contributed by atoms with Gasteiger partial charge >= 0.3 is 0 Å². The Labute approximate surface area is 72.1 Å². The van der Waals surface area contributed by atoms with E-state index in [2.05, 4.69) is 4.99 Å². The second-order valence-electron chi connectivity index (χ2n) is 1.31. The van der Waals surface area contributed by atoms with Crippen LogP contribution in [-0.4, -0.2) is 10.0 Å². The molecule has 1 aliphatic heterocycles. The molecule has 1 unspecified atom stereocenters. The average Bonchev–Trinajstić information content (AvgIpc) is 1.59. The van der Waals surface area contributed by atoms with E-state index in [-0.39, 0.29) is 4.83 Å². The maximum Gasteiger partial charge on any atom is 0.176 e. The molecule has 1 heterocycles. The first-order chi connectivity index (χ1) is 4.18. The molecule has 1 nitrogen and oxygen atoms in total. The predicted molar refractivity (Wildman–Crippen MR) is 44.5 cm³/mol. The molecule has 50 valence electrons. The van der Waals surface area contributed by atoms with Crippen LogP contribution in [0.4, 0.5) is 0 Å². The number of aliphatic imine (C=N–C) groups is 1. The van der Waals surface area contributed by atoms with Gasteiger partial charge in [-0.25, -0.2) is 4.99 Å². The molecule has 9 heavy (non-hydrogen) atoms. The summed E-state index contributed by atoms with van der Waals surface area (Å²) in [6, 6.07) is 0. The number of hydrogen-bond donors (Lipinski definition) is 0. The van der Waals surface area contributed by atoms with Crippen LogP contribution in [0.15, 0.2) is 15.4 Å². The third kappa shape index (κ3) is 2.38. The van der Waals surface area contributed by atoms with Crippen molar-refractivity contribution in [2.45, 2.75) is 4.83 Å². The molecule has 1 aliphatic rings. The van der Waals surface area contributed by atoms with E-state index >= 15 is 0 Å². The zero-order chi connectivity index (χ0) is 6.85. The first-order valence-electron chi connectivity index (χ1n) is 2.10. The highest BCUT2D eigenvalue weighted by Gasteiger charge is 2.11. The Bertz CT molecular complexity index is 177. The fourth-order valence-electron chi connectivity index (χ4n) is 0.381. The van der Waals surface area contributed by atoms with Crippen LogP contribution in [0, 0.1) is 0 Å². The standard InChI is InChI=1S/C4H2Cl3NS/c5-2-1-3(6)9-4(7)8-2/h1,4H. The van der Waals surface area contributed by atoms with Gasteiger partial charge in [0.2, 0.25) is 0 Å². The van der Waals surface area contributed by atoms with E-state index < -0.39 is 0 Å². The largest absolute Gasteiger partial charge is 0.242 e. The first kappa shape index (κ1) is 7.73. The summed E-state index contributed by atoms with van der Waals surface area (Å²) in [5.74, 6) is 0. The lowest BCUT2D eigenvalue weighted by Crippen LogP contribution is -1.96. The van der Waals surface area contributed by atoms with Gasteiger partial charge in [-0.1, -0.05) is 46.6 Å². The van der Waals surface area contributed by atoms with Crippen molar-refractivity contribution in [1.82, 2.24) is 0 Å². The van der Waals surface area contributed by atoms with Crippen molar-refractivity contribution in [3.63, 3.8) is 0 Å². The van der Waals surface area contributed by atoms with Gasteiger partial charge in [-0.15, -0.1) is 0 Å². The molecule has 0 saturated carbocycles. The number of alkyl halides is 1. The third-order valence-corrected chi connectivity index (χ3v) is 2.26. The van der Waals surface area contributed by atoms with Gasteiger partial charge in [0.25, 0.3) is 0 Å². The van der Waals surface area contributed by atoms with Crippen molar-refractivity contribution in [3.05, 3.63) is 10.4 Å². The van der Waals surface area contributed by atoms with Gasteiger partial charge in [-0.05, 0) is 0 Å². The lowest BCUT2D eigenvalue weighted by atomic mass is 10.7. The van der Waals surface area contributed by atoms with Gasteiger partial charge in [-0.2, -0.15) is 0 Å². The summed E-state index contributed by atoms with van der Waals surface area (Å²) in [6.45, 7) is 0. The number of halogens is 3. The summed E-state index contributed by atoms with van der Waals surface area (Å²) in [4.78, 5) is 3.42. The molecule has 0 N–H and O–H groups in total. The molecule has 0 saturated heterocycles. The van der Waals surface area contributed by atoms with Gasteiger partial charge in [0.15, 0.2) is 4.83 Å². The first-order valence-corrected chi connectivity index (χ1v) is 4.17. The maximum absolute atomic E-state index is 5.58. The quantitative estimate of drug-likeness (QED) is 0.435. The molecule has 0 aromatic rings. The van der Waals surface area contributed by atoms with Crippen molar-refractivity contribution in [1.29, 1.82) is 0 Å². The van der Waals surface area contributed by atoms with Gasteiger partial charge in [0.05, 0.1) is 4.36 Å². The molecule has 0 bridgehead atoms. The molecule has 0 fully saturated rings. The lowest BCUT2D eigenvalue weighted by Gasteiger charge is -2.07. The van der Waals surface area contributed by atoms with Gasteiger partial charge in [0, 0.05) is 6.08 Å². The smallest absolute Gasteiger partial charge is 0.176 e. The highest BCUT2D eigenvalue weighted by molar-refractivity contribution is 8.06. The molecule has 0 aromatic heterocycles. The molecule has 1 atom stereocenters.